The number of carboxylic acid groups (broad SMARTS) is 1. The van der Waals surface area contributed by atoms with Gasteiger partial charge in [-0.3, -0.25) is 4.79 Å². The molecule has 1 fully saturated rings. The number of carboxylic acids is 1. The number of nitrogens with zero attached hydrogens (tertiary/aromatic N) is 2. The molecule has 17 heavy (non-hydrogen) atoms. The third-order valence-electron chi connectivity index (χ3n) is 2.92. The molecule has 0 spiro atoms. The minimum atomic E-state index is -0.790. The van der Waals surface area contributed by atoms with E-state index in [9.17, 15) is 4.79 Å². The molecule has 92 valence electrons. The van der Waals surface area contributed by atoms with Crippen molar-refractivity contribution in [2.75, 3.05) is 6.54 Å². The van der Waals surface area contributed by atoms with Gasteiger partial charge in [-0.25, -0.2) is 9.97 Å². The molecule has 2 rings (SSSR count). The minimum Gasteiger partial charge on any atom is -0.481 e. The second kappa shape index (κ2) is 5.23. The lowest BCUT2D eigenvalue weighted by molar-refractivity contribution is -0.136. The molecular formula is C12H17N3O2. The Morgan fingerprint density at radius 2 is 2.41 bits per heavy atom. The molecule has 1 aromatic heterocycles. The Labute approximate surface area is 100 Å². The van der Waals surface area contributed by atoms with Gasteiger partial charge in [-0.1, -0.05) is 0 Å². The van der Waals surface area contributed by atoms with Crippen LogP contribution in [0.4, 0.5) is 0 Å². The summed E-state index contributed by atoms with van der Waals surface area (Å²) in [6, 6.07) is 2.24. The van der Waals surface area contributed by atoms with Gasteiger partial charge in [0.15, 0.2) is 0 Å². The summed E-state index contributed by atoms with van der Waals surface area (Å²) in [5.74, 6) is -0.0709. The Hall–Kier alpha value is -1.49. The third-order valence-corrected chi connectivity index (χ3v) is 2.92. The van der Waals surface area contributed by atoms with E-state index in [4.69, 9.17) is 5.11 Å². The highest BCUT2D eigenvalue weighted by Gasteiger charge is 2.18. The summed E-state index contributed by atoms with van der Waals surface area (Å²) in [5, 5.41) is 12.1. The molecule has 1 atom stereocenters. The Kier molecular flexibility index (Phi) is 3.68. The van der Waals surface area contributed by atoms with Crippen molar-refractivity contribution in [1.82, 2.24) is 15.3 Å². The molecule has 2 N–H and O–H groups in total. The second-order valence-corrected chi connectivity index (χ2v) is 4.37. The average molecular weight is 235 g/mol. The molecule has 1 aliphatic heterocycles. The van der Waals surface area contributed by atoms with Gasteiger partial charge in [0, 0.05) is 18.2 Å². The molecule has 5 nitrogen and oxygen atoms in total. The molecule has 0 aliphatic carbocycles. The van der Waals surface area contributed by atoms with E-state index in [1.54, 1.807) is 0 Å². The van der Waals surface area contributed by atoms with Crippen LogP contribution in [0.15, 0.2) is 6.07 Å². The highest BCUT2D eigenvalue weighted by molar-refractivity contribution is 5.66. The van der Waals surface area contributed by atoms with E-state index in [2.05, 4.69) is 15.3 Å². The van der Waals surface area contributed by atoms with Crippen LogP contribution in [0.2, 0.25) is 0 Å². The van der Waals surface area contributed by atoms with Gasteiger partial charge < -0.3 is 10.4 Å². The van der Waals surface area contributed by atoms with Crippen LogP contribution in [-0.2, 0) is 11.2 Å². The fourth-order valence-corrected chi connectivity index (χ4v) is 2.13. The van der Waals surface area contributed by atoms with Gasteiger partial charge in [-0.05, 0) is 32.4 Å². The lowest BCUT2D eigenvalue weighted by Gasteiger charge is -2.11. The van der Waals surface area contributed by atoms with E-state index in [0.29, 0.717) is 12.5 Å². The van der Waals surface area contributed by atoms with Gasteiger partial charge in [0.05, 0.1) is 12.1 Å². The van der Waals surface area contributed by atoms with Crippen molar-refractivity contribution in [2.45, 2.75) is 38.6 Å². The number of carbonyl (C=O) groups is 1. The highest BCUT2D eigenvalue weighted by atomic mass is 16.4. The number of aromatic nitrogens is 2. The Morgan fingerprint density at radius 3 is 3.06 bits per heavy atom. The van der Waals surface area contributed by atoms with Crippen LogP contribution in [0.5, 0.6) is 0 Å². The van der Waals surface area contributed by atoms with E-state index in [-0.39, 0.29) is 6.42 Å². The van der Waals surface area contributed by atoms with Crippen molar-refractivity contribution in [3.8, 4) is 0 Å². The van der Waals surface area contributed by atoms with Crippen LogP contribution in [0, 0.1) is 6.92 Å². The molecule has 0 radical (unpaired) electrons. The molecule has 2 heterocycles. The molecule has 1 unspecified atom stereocenters. The van der Waals surface area contributed by atoms with Gasteiger partial charge in [0.2, 0.25) is 0 Å². The Morgan fingerprint density at radius 1 is 1.59 bits per heavy atom. The summed E-state index contributed by atoms with van der Waals surface area (Å²) in [6.07, 6.45) is 2.85. The first-order valence-corrected chi connectivity index (χ1v) is 5.95. The fourth-order valence-electron chi connectivity index (χ4n) is 2.13. The number of hydrogen-bond acceptors (Lipinski definition) is 4. The van der Waals surface area contributed by atoms with Gasteiger partial charge >= 0.3 is 5.97 Å². The standard InChI is InChI=1S/C12H17N3O2/c1-8-14-9(4-5-12(16)17)7-11(15-8)10-3-2-6-13-10/h7,10,13H,2-6H2,1H3,(H,16,17). The first-order chi connectivity index (χ1) is 8.15. The highest BCUT2D eigenvalue weighted by Crippen LogP contribution is 2.21. The lowest BCUT2D eigenvalue weighted by atomic mass is 10.1. The molecule has 0 amide bonds. The van der Waals surface area contributed by atoms with Crippen LogP contribution >= 0.6 is 0 Å². The lowest BCUT2D eigenvalue weighted by Crippen LogP contribution is -2.16. The fraction of sp³-hybridized carbons (Fsp3) is 0.583. The normalized spacial score (nSPS) is 19.5. The SMILES string of the molecule is Cc1nc(CCC(=O)O)cc(C2CCCN2)n1. The van der Waals surface area contributed by atoms with E-state index in [0.717, 1.165) is 36.6 Å². The van der Waals surface area contributed by atoms with E-state index in [1.165, 1.54) is 0 Å². The monoisotopic (exact) mass is 235 g/mol. The predicted molar refractivity (Wildman–Crippen MR) is 62.7 cm³/mol. The minimum absolute atomic E-state index is 0.119. The number of rotatable bonds is 4. The van der Waals surface area contributed by atoms with Crippen molar-refractivity contribution in [3.05, 3.63) is 23.3 Å². The van der Waals surface area contributed by atoms with Crippen molar-refractivity contribution in [2.24, 2.45) is 0 Å². The summed E-state index contributed by atoms with van der Waals surface area (Å²) < 4.78 is 0. The van der Waals surface area contributed by atoms with Crippen LogP contribution in [0.1, 0.15) is 42.5 Å². The zero-order valence-electron chi connectivity index (χ0n) is 9.94. The zero-order valence-corrected chi connectivity index (χ0v) is 9.94. The van der Waals surface area contributed by atoms with Gasteiger partial charge in [0.1, 0.15) is 5.82 Å². The quantitative estimate of drug-likeness (QED) is 0.821. The van der Waals surface area contributed by atoms with Crippen molar-refractivity contribution in [3.63, 3.8) is 0 Å². The third kappa shape index (κ3) is 3.23. The average Bonchev–Trinajstić information content (AvgIpc) is 2.79. The molecule has 1 aliphatic rings. The number of nitrogens with one attached hydrogen (secondary N) is 1. The number of aliphatic carboxylic acids is 1. The van der Waals surface area contributed by atoms with E-state index < -0.39 is 5.97 Å². The van der Waals surface area contributed by atoms with E-state index in [1.807, 2.05) is 13.0 Å². The molecule has 0 bridgehead atoms. The largest absolute Gasteiger partial charge is 0.481 e. The number of aryl methyl sites for hydroxylation is 2. The smallest absolute Gasteiger partial charge is 0.303 e. The van der Waals surface area contributed by atoms with Crippen molar-refractivity contribution < 1.29 is 9.90 Å². The maximum Gasteiger partial charge on any atom is 0.303 e. The van der Waals surface area contributed by atoms with Crippen LogP contribution in [0.3, 0.4) is 0 Å². The first-order valence-electron chi connectivity index (χ1n) is 5.95. The maximum absolute atomic E-state index is 10.5. The zero-order chi connectivity index (χ0) is 12.3. The first kappa shape index (κ1) is 12.0. The van der Waals surface area contributed by atoms with Crippen molar-refractivity contribution >= 4 is 5.97 Å². The maximum atomic E-state index is 10.5. The summed E-state index contributed by atoms with van der Waals surface area (Å²) in [7, 11) is 0. The summed E-state index contributed by atoms with van der Waals surface area (Å²) in [5.41, 5.74) is 1.82. The molecule has 5 heteroatoms. The molecule has 0 aromatic carbocycles. The molecule has 1 saturated heterocycles. The predicted octanol–water partition coefficient (Wildman–Crippen LogP) is 1.23. The molecule has 1 aromatic rings. The molecular weight excluding hydrogens is 218 g/mol. The van der Waals surface area contributed by atoms with E-state index >= 15 is 0 Å². The van der Waals surface area contributed by atoms with Gasteiger partial charge in [-0.2, -0.15) is 0 Å². The second-order valence-electron chi connectivity index (χ2n) is 4.37. The van der Waals surface area contributed by atoms with Crippen LogP contribution in [0.25, 0.3) is 0 Å². The molecule has 0 saturated carbocycles. The van der Waals surface area contributed by atoms with Gasteiger partial charge in [0.25, 0.3) is 0 Å². The summed E-state index contributed by atoms with van der Waals surface area (Å²) in [6.45, 7) is 2.88. The van der Waals surface area contributed by atoms with Crippen LogP contribution in [-0.4, -0.2) is 27.6 Å². The Balaban J connectivity index is 2.13. The summed E-state index contributed by atoms with van der Waals surface area (Å²) in [4.78, 5) is 19.2. The van der Waals surface area contributed by atoms with Crippen LogP contribution < -0.4 is 5.32 Å². The Bertz CT molecular complexity index is 414. The van der Waals surface area contributed by atoms with Crippen molar-refractivity contribution in [1.29, 1.82) is 0 Å². The topological polar surface area (TPSA) is 75.1 Å². The number of hydrogen-bond donors (Lipinski definition) is 2. The summed E-state index contributed by atoms with van der Waals surface area (Å²) >= 11 is 0. The van der Waals surface area contributed by atoms with Gasteiger partial charge in [-0.15, -0.1) is 0 Å².